The summed E-state index contributed by atoms with van der Waals surface area (Å²) in [5.74, 6) is 1.48. The van der Waals surface area contributed by atoms with Gasteiger partial charge in [0, 0.05) is 24.1 Å². The lowest BCUT2D eigenvalue weighted by molar-refractivity contribution is 0.0799. The average Bonchev–Trinajstić information content (AvgIpc) is 2.44. The standard InChI is InChI=1S/C17H24BrNO3S/c1-23(20,21)22-17-6-8-19(9-7-17)12-13-10-15(11-13)14-2-4-16(18)5-3-14/h2-5,13,15,17H,6-12H2,1H3. The highest BCUT2D eigenvalue weighted by molar-refractivity contribution is 9.10. The number of hydrogen-bond acceptors (Lipinski definition) is 4. The zero-order valence-corrected chi connectivity index (χ0v) is 15.9. The van der Waals surface area contributed by atoms with E-state index in [0.29, 0.717) is 5.92 Å². The van der Waals surface area contributed by atoms with Gasteiger partial charge in [-0.3, -0.25) is 4.18 Å². The molecule has 0 bridgehead atoms. The van der Waals surface area contributed by atoms with E-state index in [4.69, 9.17) is 4.18 Å². The largest absolute Gasteiger partial charge is 0.303 e. The number of hydrogen-bond donors (Lipinski definition) is 0. The molecule has 0 aromatic heterocycles. The van der Waals surface area contributed by atoms with E-state index < -0.39 is 10.1 Å². The van der Waals surface area contributed by atoms with Gasteiger partial charge in [0.25, 0.3) is 10.1 Å². The molecule has 0 unspecified atom stereocenters. The van der Waals surface area contributed by atoms with Crippen LogP contribution in [0.5, 0.6) is 0 Å². The van der Waals surface area contributed by atoms with Gasteiger partial charge in [0.2, 0.25) is 0 Å². The Morgan fingerprint density at radius 3 is 2.35 bits per heavy atom. The molecule has 1 aliphatic carbocycles. The van der Waals surface area contributed by atoms with E-state index in [1.54, 1.807) is 0 Å². The first-order chi connectivity index (χ1) is 10.9. The molecule has 0 radical (unpaired) electrons. The molecule has 0 spiro atoms. The van der Waals surface area contributed by atoms with E-state index in [0.717, 1.165) is 49.1 Å². The number of benzene rings is 1. The summed E-state index contributed by atoms with van der Waals surface area (Å²) in [5.41, 5.74) is 1.45. The number of halogens is 1. The average molecular weight is 402 g/mol. The van der Waals surface area contributed by atoms with E-state index >= 15 is 0 Å². The lowest BCUT2D eigenvalue weighted by Gasteiger charge is -2.41. The molecule has 1 aromatic rings. The van der Waals surface area contributed by atoms with Gasteiger partial charge in [-0.1, -0.05) is 28.1 Å². The fourth-order valence-electron chi connectivity index (χ4n) is 3.69. The fraction of sp³-hybridized carbons (Fsp3) is 0.647. The van der Waals surface area contributed by atoms with E-state index in [-0.39, 0.29) is 6.10 Å². The Balaban J connectivity index is 1.39. The second-order valence-electron chi connectivity index (χ2n) is 6.89. The highest BCUT2D eigenvalue weighted by atomic mass is 79.9. The molecule has 1 aliphatic heterocycles. The smallest absolute Gasteiger partial charge is 0.264 e. The van der Waals surface area contributed by atoms with Crippen molar-refractivity contribution in [1.82, 2.24) is 4.90 Å². The van der Waals surface area contributed by atoms with Crippen LogP contribution in [0.15, 0.2) is 28.7 Å². The van der Waals surface area contributed by atoms with Crippen molar-refractivity contribution < 1.29 is 12.6 Å². The molecule has 1 aromatic carbocycles. The van der Waals surface area contributed by atoms with E-state index in [1.165, 1.54) is 18.4 Å². The minimum atomic E-state index is -3.32. The second kappa shape index (κ2) is 7.21. The van der Waals surface area contributed by atoms with Crippen LogP contribution in [0, 0.1) is 5.92 Å². The summed E-state index contributed by atoms with van der Waals surface area (Å²) < 4.78 is 28.6. The van der Waals surface area contributed by atoms with Gasteiger partial charge in [0.1, 0.15) is 0 Å². The Morgan fingerprint density at radius 1 is 1.17 bits per heavy atom. The SMILES string of the molecule is CS(=O)(=O)OC1CCN(CC2CC(c3ccc(Br)cc3)C2)CC1. The van der Waals surface area contributed by atoms with Gasteiger partial charge in [-0.2, -0.15) is 8.42 Å². The third-order valence-electron chi connectivity index (χ3n) is 4.94. The Kier molecular flexibility index (Phi) is 5.46. The molecule has 4 nitrogen and oxygen atoms in total. The minimum absolute atomic E-state index is 0.127. The Hall–Kier alpha value is -0.430. The fourth-order valence-corrected chi connectivity index (χ4v) is 4.64. The van der Waals surface area contributed by atoms with E-state index in [2.05, 4.69) is 45.1 Å². The second-order valence-corrected chi connectivity index (χ2v) is 9.40. The third-order valence-corrected chi connectivity index (χ3v) is 6.09. The molecule has 1 saturated carbocycles. The van der Waals surface area contributed by atoms with Crippen LogP contribution < -0.4 is 0 Å². The normalized spacial score (nSPS) is 26.9. The molecule has 2 aliphatic rings. The zero-order chi connectivity index (χ0) is 16.4. The first-order valence-electron chi connectivity index (χ1n) is 8.25. The summed E-state index contributed by atoms with van der Waals surface area (Å²) in [6.45, 7) is 3.03. The number of piperidine rings is 1. The predicted molar refractivity (Wildman–Crippen MR) is 95.0 cm³/mol. The van der Waals surface area contributed by atoms with Crippen LogP contribution in [0.25, 0.3) is 0 Å². The predicted octanol–water partition coefficient (Wildman–Crippen LogP) is 3.38. The first-order valence-corrected chi connectivity index (χ1v) is 10.9. The summed E-state index contributed by atoms with van der Waals surface area (Å²) in [6, 6.07) is 8.68. The summed E-state index contributed by atoms with van der Waals surface area (Å²) in [6.07, 6.45) is 5.17. The van der Waals surface area contributed by atoms with Crippen LogP contribution in [0.4, 0.5) is 0 Å². The lowest BCUT2D eigenvalue weighted by atomic mass is 9.71. The Morgan fingerprint density at radius 2 is 1.78 bits per heavy atom. The number of nitrogens with zero attached hydrogens (tertiary/aromatic N) is 1. The molecule has 2 fully saturated rings. The van der Waals surface area contributed by atoms with Crippen LogP contribution in [-0.4, -0.2) is 45.3 Å². The quantitative estimate of drug-likeness (QED) is 0.709. The summed E-state index contributed by atoms with van der Waals surface area (Å²) in [7, 11) is -3.32. The molecule has 0 amide bonds. The van der Waals surface area contributed by atoms with Crippen molar-refractivity contribution in [2.24, 2.45) is 5.92 Å². The van der Waals surface area contributed by atoms with Gasteiger partial charge in [0.15, 0.2) is 0 Å². The summed E-state index contributed by atoms with van der Waals surface area (Å²) >= 11 is 3.48. The maximum absolute atomic E-state index is 11.2. The van der Waals surface area contributed by atoms with Crippen LogP contribution >= 0.6 is 15.9 Å². The highest BCUT2D eigenvalue weighted by Gasteiger charge is 2.32. The topological polar surface area (TPSA) is 46.6 Å². The molecule has 0 atom stereocenters. The van der Waals surface area contributed by atoms with Gasteiger partial charge in [-0.25, -0.2) is 0 Å². The van der Waals surface area contributed by atoms with Gasteiger partial charge < -0.3 is 4.90 Å². The molecular formula is C17H24BrNO3S. The molecule has 6 heteroatoms. The molecular weight excluding hydrogens is 378 g/mol. The van der Waals surface area contributed by atoms with Gasteiger partial charge in [-0.05, 0) is 55.2 Å². The van der Waals surface area contributed by atoms with Crippen molar-refractivity contribution in [1.29, 1.82) is 0 Å². The van der Waals surface area contributed by atoms with Crippen LogP contribution in [0.1, 0.15) is 37.2 Å². The molecule has 0 N–H and O–H groups in total. The van der Waals surface area contributed by atoms with E-state index in [1.807, 2.05) is 0 Å². The number of rotatable bonds is 5. The molecule has 1 heterocycles. The third kappa shape index (κ3) is 5.02. The van der Waals surface area contributed by atoms with Gasteiger partial charge >= 0.3 is 0 Å². The molecule has 23 heavy (non-hydrogen) atoms. The number of likely N-dealkylation sites (tertiary alicyclic amines) is 1. The summed E-state index contributed by atoms with van der Waals surface area (Å²) in [4.78, 5) is 2.46. The maximum Gasteiger partial charge on any atom is 0.264 e. The van der Waals surface area contributed by atoms with Gasteiger partial charge in [0.05, 0.1) is 12.4 Å². The van der Waals surface area contributed by atoms with Crippen molar-refractivity contribution in [2.45, 2.75) is 37.7 Å². The van der Waals surface area contributed by atoms with Crippen molar-refractivity contribution >= 4 is 26.0 Å². The van der Waals surface area contributed by atoms with E-state index in [9.17, 15) is 8.42 Å². The monoisotopic (exact) mass is 401 g/mol. The zero-order valence-electron chi connectivity index (χ0n) is 13.4. The molecule has 128 valence electrons. The lowest BCUT2D eigenvalue weighted by Crippen LogP contribution is -2.42. The van der Waals surface area contributed by atoms with Crippen molar-refractivity contribution in [3.63, 3.8) is 0 Å². The van der Waals surface area contributed by atoms with Gasteiger partial charge in [-0.15, -0.1) is 0 Å². The van der Waals surface area contributed by atoms with Crippen LogP contribution in [-0.2, 0) is 14.3 Å². The van der Waals surface area contributed by atoms with Crippen LogP contribution in [0.2, 0.25) is 0 Å². The van der Waals surface area contributed by atoms with Crippen LogP contribution in [0.3, 0.4) is 0 Å². The maximum atomic E-state index is 11.2. The highest BCUT2D eigenvalue weighted by Crippen LogP contribution is 2.42. The van der Waals surface area contributed by atoms with Crippen molar-refractivity contribution in [3.8, 4) is 0 Å². The molecule has 1 saturated heterocycles. The minimum Gasteiger partial charge on any atom is -0.303 e. The Bertz CT molecular complexity index is 618. The first kappa shape index (κ1) is 17.4. The van der Waals surface area contributed by atoms with Crippen molar-refractivity contribution in [3.05, 3.63) is 34.3 Å². The summed E-state index contributed by atoms with van der Waals surface area (Å²) in [5, 5.41) is 0. The molecule has 3 rings (SSSR count). The van der Waals surface area contributed by atoms with Crippen molar-refractivity contribution in [2.75, 3.05) is 25.9 Å². The Labute approximate surface area is 147 Å².